The van der Waals surface area contributed by atoms with Gasteiger partial charge in [-0.05, 0) is 60.4 Å². The molecule has 0 aliphatic carbocycles. The van der Waals surface area contributed by atoms with Gasteiger partial charge in [0.1, 0.15) is 11.5 Å². The molecule has 0 aliphatic heterocycles. The summed E-state index contributed by atoms with van der Waals surface area (Å²) >= 11 is 0. The fourth-order valence-electron chi connectivity index (χ4n) is 2.99. The van der Waals surface area contributed by atoms with Gasteiger partial charge in [-0.1, -0.05) is 62.4 Å². The molecular formula is C25H28O2. The minimum Gasteiger partial charge on any atom is -0.457 e. The first-order chi connectivity index (χ1) is 12.9. The van der Waals surface area contributed by atoms with E-state index < -0.39 is 0 Å². The normalized spacial score (nSPS) is 11.4. The number of para-hydroxylation sites is 1. The zero-order chi connectivity index (χ0) is 19.3. The lowest BCUT2D eigenvalue weighted by Crippen LogP contribution is -2.24. The smallest absolute Gasteiger partial charge is 0.127 e. The third-order valence-corrected chi connectivity index (χ3v) is 4.90. The SMILES string of the molecule is Cc1ccc(C(C)(C)COCc2cccc(Oc3ccccc3)c2)cc1C. The van der Waals surface area contributed by atoms with E-state index in [0.29, 0.717) is 13.2 Å². The fraction of sp³-hybridized carbons (Fsp3) is 0.280. The quantitative estimate of drug-likeness (QED) is 0.473. The zero-order valence-corrected chi connectivity index (χ0v) is 16.7. The third-order valence-electron chi connectivity index (χ3n) is 4.90. The van der Waals surface area contributed by atoms with Crippen molar-refractivity contribution in [1.82, 2.24) is 0 Å². The number of hydrogen-bond acceptors (Lipinski definition) is 2. The molecule has 0 aromatic heterocycles. The van der Waals surface area contributed by atoms with E-state index in [9.17, 15) is 0 Å². The van der Waals surface area contributed by atoms with Crippen LogP contribution in [0.25, 0.3) is 0 Å². The molecule has 27 heavy (non-hydrogen) atoms. The van der Waals surface area contributed by atoms with Crippen molar-refractivity contribution < 1.29 is 9.47 Å². The first-order valence-electron chi connectivity index (χ1n) is 9.41. The van der Waals surface area contributed by atoms with E-state index in [0.717, 1.165) is 17.1 Å². The monoisotopic (exact) mass is 360 g/mol. The average molecular weight is 360 g/mol. The summed E-state index contributed by atoms with van der Waals surface area (Å²) in [5.74, 6) is 1.67. The molecule has 0 amide bonds. The van der Waals surface area contributed by atoms with Gasteiger partial charge in [0.25, 0.3) is 0 Å². The van der Waals surface area contributed by atoms with Crippen molar-refractivity contribution in [1.29, 1.82) is 0 Å². The summed E-state index contributed by atoms with van der Waals surface area (Å²) < 4.78 is 12.0. The van der Waals surface area contributed by atoms with Gasteiger partial charge < -0.3 is 9.47 Å². The van der Waals surface area contributed by atoms with E-state index in [4.69, 9.17) is 9.47 Å². The van der Waals surface area contributed by atoms with Crippen LogP contribution in [0.3, 0.4) is 0 Å². The number of ether oxygens (including phenoxy) is 2. The highest BCUT2D eigenvalue weighted by Crippen LogP contribution is 2.27. The van der Waals surface area contributed by atoms with Crippen molar-refractivity contribution in [3.8, 4) is 11.5 Å². The Kier molecular flexibility index (Phi) is 5.98. The molecule has 0 spiro atoms. The van der Waals surface area contributed by atoms with Gasteiger partial charge in [0.2, 0.25) is 0 Å². The van der Waals surface area contributed by atoms with E-state index in [1.54, 1.807) is 0 Å². The van der Waals surface area contributed by atoms with Crippen LogP contribution >= 0.6 is 0 Å². The second-order valence-corrected chi connectivity index (χ2v) is 7.74. The lowest BCUT2D eigenvalue weighted by atomic mass is 9.84. The first kappa shape index (κ1) is 19.2. The number of benzene rings is 3. The summed E-state index contributed by atoms with van der Waals surface area (Å²) in [7, 11) is 0. The molecule has 0 atom stereocenters. The Bertz CT molecular complexity index is 882. The summed E-state index contributed by atoms with van der Waals surface area (Å²) in [6.45, 7) is 10.00. The molecule has 3 aromatic rings. The average Bonchev–Trinajstić information content (AvgIpc) is 2.65. The largest absolute Gasteiger partial charge is 0.457 e. The van der Waals surface area contributed by atoms with Crippen LogP contribution in [0, 0.1) is 13.8 Å². The standard InChI is InChI=1S/C25H28O2/c1-19-13-14-22(15-20(19)2)25(3,4)18-26-17-21-9-8-12-24(16-21)27-23-10-6-5-7-11-23/h5-16H,17-18H2,1-4H3. The summed E-state index contributed by atoms with van der Waals surface area (Å²) in [4.78, 5) is 0. The minimum atomic E-state index is -0.0311. The molecule has 0 unspecified atom stereocenters. The highest BCUT2D eigenvalue weighted by molar-refractivity contribution is 5.35. The van der Waals surface area contributed by atoms with Crippen LogP contribution in [0.15, 0.2) is 72.8 Å². The molecule has 0 bridgehead atoms. The predicted molar refractivity (Wildman–Crippen MR) is 112 cm³/mol. The van der Waals surface area contributed by atoms with E-state index in [-0.39, 0.29) is 5.41 Å². The molecule has 2 nitrogen and oxygen atoms in total. The summed E-state index contributed by atoms with van der Waals surface area (Å²) in [5, 5.41) is 0. The highest BCUT2D eigenvalue weighted by atomic mass is 16.5. The highest BCUT2D eigenvalue weighted by Gasteiger charge is 2.21. The Balaban J connectivity index is 1.59. The van der Waals surface area contributed by atoms with Crippen molar-refractivity contribution >= 4 is 0 Å². The zero-order valence-electron chi connectivity index (χ0n) is 16.7. The van der Waals surface area contributed by atoms with Crippen molar-refractivity contribution in [2.24, 2.45) is 0 Å². The Hall–Kier alpha value is -2.58. The van der Waals surface area contributed by atoms with Crippen molar-refractivity contribution in [3.63, 3.8) is 0 Å². The van der Waals surface area contributed by atoms with Crippen LogP contribution < -0.4 is 4.74 Å². The topological polar surface area (TPSA) is 18.5 Å². The maximum Gasteiger partial charge on any atom is 0.127 e. The van der Waals surface area contributed by atoms with Crippen molar-refractivity contribution in [3.05, 3.63) is 95.1 Å². The van der Waals surface area contributed by atoms with E-state index in [1.165, 1.54) is 16.7 Å². The molecule has 3 rings (SSSR count). The molecule has 0 aliphatic rings. The number of aryl methyl sites for hydroxylation is 2. The van der Waals surface area contributed by atoms with Crippen LogP contribution in [0.4, 0.5) is 0 Å². The summed E-state index contributed by atoms with van der Waals surface area (Å²) in [5.41, 5.74) is 5.04. The molecule has 0 radical (unpaired) electrons. The maximum atomic E-state index is 6.06. The molecule has 3 aromatic carbocycles. The van der Waals surface area contributed by atoms with Crippen LogP contribution in [-0.4, -0.2) is 6.61 Å². The molecule has 2 heteroatoms. The van der Waals surface area contributed by atoms with E-state index >= 15 is 0 Å². The van der Waals surface area contributed by atoms with Crippen LogP contribution in [0.5, 0.6) is 11.5 Å². The van der Waals surface area contributed by atoms with Gasteiger partial charge in [-0.25, -0.2) is 0 Å². The van der Waals surface area contributed by atoms with Crippen LogP contribution in [0.2, 0.25) is 0 Å². The Morgan fingerprint density at radius 1 is 0.741 bits per heavy atom. The van der Waals surface area contributed by atoms with Crippen molar-refractivity contribution in [2.75, 3.05) is 6.61 Å². The Morgan fingerprint density at radius 2 is 1.48 bits per heavy atom. The molecule has 0 saturated heterocycles. The molecule has 140 valence electrons. The summed E-state index contributed by atoms with van der Waals surface area (Å²) in [6, 6.07) is 24.6. The minimum absolute atomic E-state index is 0.0311. The second kappa shape index (κ2) is 8.41. The van der Waals surface area contributed by atoms with Gasteiger partial charge in [0.05, 0.1) is 13.2 Å². The van der Waals surface area contributed by atoms with E-state index in [2.05, 4.69) is 52.0 Å². The van der Waals surface area contributed by atoms with Gasteiger partial charge >= 0.3 is 0 Å². The second-order valence-electron chi connectivity index (χ2n) is 7.74. The van der Waals surface area contributed by atoms with Crippen LogP contribution in [-0.2, 0) is 16.8 Å². The lowest BCUT2D eigenvalue weighted by molar-refractivity contribution is 0.0824. The van der Waals surface area contributed by atoms with Gasteiger partial charge in [-0.15, -0.1) is 0 Å². The Morgan fingerprint density at radius 3 is 2.22 bits per heavy atom. The Labute approximate surface area is 162 Å². The third kappa shape index (κ3) is 5.21. The molecule has 0 fully saturated rings. The van der Waals surface area contributed by atoms with Gasteiger partial charge in [0.15, 0.2) is 0 Å². The summed E-state index contributed by atoms with van der Waals surface area (Å²) in [6.07, 6.45) is 0. The number of rotatable bonds is 7. The van der Waals surface area contributed by atoms with Crippen molar-refractivity contribution in [2.45, 2.75) is 39.7 Å². The molecular weight excluding hydrogens is 332 g/mol. The molecule has 0 saturated carbocycles. The fourth-order valence-corrected chi connectivity index (χ4v) is 2.99. The van der Waals surface area contributed by atoms with Crippen LogP contribution in [0.1, 0.15) is 36.1 Å². The van der Waals surface area contributed by atoms with Gasteiger partial charge in [0, 0.05) is 5.41 Å². The maximum absolute atomic E-state index is 6.06. The number of hydrogen-bond donors (Lipinski definition) is 0. The van der Waals surface area contributed by atoms with E-state index in [1.807, 2.05) is 48.5 Å². The lowest BCUT2D eigenvalue weighted by Gasteiger charge is -2.26. The van der Waals surface area contributed by atoms with Gasteiger partial charge in [-0.2, -0.15) is 0 Å². The van der Waals surface area contributed by atoms with Gasteiger partial charge in [-0.3, -0.25) is 0 Å². The molecule has 0 N–H and O–H groups in total. The molecule has 0 heterocycles. The first-order valence-corrected chi connectivity index (χ1v) is 9.41. The predicted octanol–water partition coefficient (Wildman–Crippen LogP) is 6.59.